The van der Waals surface area contributed by atoms with E-state index >= 15 is 0 Å². The highest BCUT2D eigenvalue weighted by atomic mass is 32.2. The first-order valence-corrected chi connectivity index (χ1v) is 12.9. The van der Waals surface area contributed by atoms with Crippen molar-refractivity contribution in [2.75, 3.05) is 38.3 Å². The standard InChI is InChI=1S/C21H31N7O6S/c1-14-9-28(15(2)12-29)21(31)8-16-7-17(23-20(30)11-27-13-22-24-25-27)5-6-18(16)34-19(14)10-26(3)35(4,32)33/h5-7,13-15,19,29H,8-12H2,1-4H3,(H,23,30)/t14-,15-,19+/m0/s1. The summed E-state index contributed by atoms with van der Waals surface area (Å²) in [7, 11) is -1.98. The van der Waals surface area contributed by atoms with Gasteiger partial charge in [-0.15, -0.1) is 5.10 Å². The smallest absolute Gasteiger partial charge is 0.246 e. The van der Waals surface area contributed by atoms with Gasteiger partial charge in [0.25, 0.3) is 0 Å². The molecule has 3 atom stereocenters. The summed E-state index contributed by atoms with van der Waals surface area (Å²) in [6, 6.07) is 4.52. The van der Waals surface area contributed by atoms with E-state index in [1.165, 1.54) is 22.4 Å². The number of ether oxygens (including phenoxy) is 1. The third kappa shape index (κ3) is 6.96. The van der Waals surface area contributed by atoms with E-state index in [1.54, 1.807) is 30.0 Å². The lowest BCUT2D eigenvalue weighted by Gasteiger charge is -2.33. The highest BCUT2D eigenvalue weighted by Crippen LogP contribution is 2.29. The van der Waals surface area contributed by atoms with Crippen LogP contribution in [0.4, 0.5) is 5.69 Å². The zero-order valence-electron chi connectivity index (χ0n) is 20.2. The van der Waals surface area contributed by atoms with Crippen LogP contribution in [0.25, 0.3) is 0 Å². The van der Waals surface area contributed by atoms with Crippen LogP contribution in [0, 0.1) is 5.92 Å². The Labute approximate surface area is 204 Å². The van der Waals surface area contributed by atoms with Gasteiger partial charge in [0.1, 0.15) is 24.7 Å². The van der Waals surface area contributed by atoms with Crippen LogP contribution in [0.3, 0.4) is 0 Å². The van der Waals surface area contributed by atoms with Gasteiger partial charge in [-0.05, 0) is 35.5 Å². The molecule has 0 saturated heterocycles. The van der Waals surface area contributed by atoms with Gasteiger partial charge in [-0.3, -0.25) is 9.59 Å². The third-order valence-corrected chi connectivity index (χ3v) is 7.18. The van der Waals surface area contributed by atoms with Crippen LogP contribution < -0.4 is 10.1 Å². The zero-order chi connectivity index (χ0) is 25.8. The molecule has 3 rings (SSSR count). The summed E-state index contributed by atoms with van der Waals surface area (Å²) in [5.41, 5.74) is 0.989. The summed E-state index contributed by atoms with van der Waals surface area (Å²) >= 11 is 0. The molecule has 1 aliphatic rings. The molecule has 35 heavy (non-hydrogen) atoms. The molecule has 0 aliphatic carbocycles. The van der Waals surface area contributed by atoms with Crippen molar-refractivity contribution >= 4 is 27.5 Å². The minimum absolute atomic E-state index is 0.0161. The van der Waals surface area contributed by atoms with Gasteiger partial charge in [-0.1, -0.05) is 6.92 Å². The summed E-state index contributed by atoms with van der Waals surface area (Å²) in [5.74, 6) is -0.380. The number of carbonyl (C=O) groups excluding carboxylic acids is 2. The number of sulfonamides is 1. The molecule has 13 nitrogen and oxygen atoms in total. The molecule has 0 radical (unpaired) electrons. The lowest BCUT2D eigenvalue weighted by Crippen LogP contribution is -2.48. The average molecular weight is 510 g/mol. The molecule has 2 aromatic rings. The Morgan fingerprint density at radius 3 is 2.77 bits per heavy atom. The lowest BCUT2D eigenvalue weighted by atomic mass is 10.0. The average Bonchev–Trinajstić information content (AvgIpc) is 3.30. The van der Waals surface area contributed by atoms with Gasteiger partial charge in [-0.25, -0.2) is 17.4 Å². The minimum atomic E-state index is -3.45. The number of nitrogens with one attached hydrogen (secondary N) is 1. The predicted molar refractivity (Wildman–Crippen MR) is 126 cm³/mol. The monoisotopic (exact) mass is 509 g/mol. The number of aliphatic hydroxyl groups excluding tert-OH is 1. The second-order valence-electron chi connectivity index (χ2n) is 8.81. The molecule has 1 aliphatic heterocycles. The van der Waals surface area contributed by atoms with Crippen molar-refractivity contribution in [3.8, 4) is 5.75 Å². The van der Waals surface area contributed by atoms with Crippen molar-refractivity contribution in [3.05, 3.63) is 30.1 Å². The summed E-state index contributed by atoms with van der Waals surface area (Å²) in [4.78, 5) is 27.1. The molecule has 1 aromatic heterocycles. The van der Waals surface area contributed by atoms with Crippen molar-refractivity contribution in [3.63, 3.8) is 0 Å². The van der Waals surface area contributed by atoms with Crippen molar-refractivity contribution in [1.82, 2.24) is 29.4 Å². The minimum Gasteiger partial charge on any atom is -0.488 e. The number of nitrogens with zero attached hydrogens (tertiary/aromatic N) is 6. The number of likely N-dealkylation sites (N-methyl/N-ethyl adjacent to an activating group) is 1. The van der Waals surface area contributed by atoms with Crippen LogP contribution in [0.1, 0.15) is 19.4 Å². The number of fused-ring (bicyclic) bond motifs is 1. The van der Waals surface area contributed by atoms with E-state index in [0.717, 1.165) is 6.26 Å². The number of aliphatic hydroxyl groups is 1. The molecule has 2 N–H and O–H groups in total. The third-order valence-electron chi connectivity index (χ3n) is 5.90. The van der Waals surface area contributed by atoms with Crippen LogP contribution in [-0.2, 0) is 32.6 Å². The number of anilines is 1. The molecule has 192 valence electrons. The number of tetrazole rings is 1. The maximum Gasteiger partial charge on any atom is 0.246 e. The Bertz CT molecular complexity index is 1140. The lowest BCUT2D eigenvalue weighted by molar-refractivity contribution is -0.134. The maximum atomic E-state index is 13.2. The highest BCUT2D eigenvalue weighted by molar-refractivity contribution is 7.88. The van der Waals surface area contributed by atoms with Crippen LogP contribution in [0.2, 0.25) is 0 Å². The Morgan fingerprint density at radius 2 is 2.14 bits per heavy atom. The molecule has 0 fully saturated rings. The van der Waals surface area contributed by atoms with E-state index < -0.39 is 22.2 Å². The van der Waals surface area contributed by atoms with Gasteiger partial charge in [0.05, 0.1) is 31.9 Å². The van der Waals surface area contributed by atoms with Crippen LogP contribution in [-0.4, -0.2) is 99.9 Å². The molecule has 2 amide bonds. The normalized spacial score (nSPS) is 19.8. The number of aromatic nitrogens is 4. The fourth-order valence-corrected chi connectivity index (χ4v) is 4.13. The molecule has 0 spiro atoms. The molecular formula is C21H31N7O6S. The van der Waals surface area contributed by atoms with Gasteiger partial charge < -0.3 is 20.1 Å². The second kappa shape index (κ2) is 11.1. The van der Waals surface area contributed by atoms with Crippen molar-refractivity contribution in [2.45, 2.75) is 39.0 Å². The number of hydrogen-bond donors (Lipinski definition) is 2. The maximum absolute atomic E-state index is 13.2. The largest absolute Gasteiger partial charge is 0.488 e. The molecule has 1 aromatic carbocycles. The van der Waals surface area contributed by atoms with Crippen molar-refractivity contribution < 1.29 is 27.9 Å². The van der Waals surface area contributed by atoms with E-state index in [9.17, 15) is 23.1 Å². The van der Waals surface area contributed by atoms with Crippen LogP contribution >= 0.6 is 0 Å². The number of rotatable bonds is 8. The molecule has 0 bridgehead atoms. The van der Waals surface area contributed by atoms with Gasteiger partial charge >= 0.3 is 0 Å². The summed E-state index contributed by atoms with van der Waals surface area (Å²) in [5, 5.41) is 23.1. The SMILES string of the molecule is C[C@H]1CN([C@@H](C)CO)C(=O)Cc2cc(NC(=O)Cn3cnnn3)ccc2O[C@@H]1CN(C)S(C)(=O)=O. The summed E-state index contributed by atoms with van der Waals surface area (Å²) < 4.78 is 32.8. The predicted octanol–water partition coefficient (Wildman–Crippen LogP) is -0.648. The quantitative estimate of drug-likeness (QED) is 0.471. The molecule has 0 unspecified atom stereocenters. The first-order valence-electron chi connectivity index (χ1n) is 11.1. The number of amides is 2. The molecule has 2 heterocycles. The number of hydrogen-bond acceptors (Lipinski definition) is 9. The molecule has 0 saturated carbocycles. The van der Waals surface area contributed by atoms with E-state index in [-0.39, 0.29) is 50.4 Å². The summed E-state index contributed by atoms with van der Waals surface area (Å²) in [6.07, 6.45) is 1.86. The highest BCUT2D eigenvalue weighted by Gasteiger charge is 2.32. The second-order valence-corrected chi connectivity index (χ2v) is 10.9. The van der Waals surface area contributed by atoms with Gasteiger partial charge in [0.15, 0.2) is 0 Å². The van der Waals surface area contributed by atoms with E-state index in [2.05, 4.69) is 20.8 Å². The zero-order valence-corrected chi connectivity index (χ0v) is 21.0. The Balaban J connectivity index is 1.91. The van der Waals surface area contributed by atoms with Gasteiger partial charge in [-0.2, -0.15) is 0 Å². The fraction of sp³-hybridized carbons (Fsp3) is 0.571. The molecular weight excluding hydrogens is 478 g/mol. The van der Waals surface area contributed by atoms with Crippen molar-refractivity contribution in [1.29, 1.82) is 0 Å². The molecule has 14 heteroatoms. The Kier molecular flexibility index (Phi) is 8.40. The Hall–Kier alpha value is -3.10. The Morgan fingerprint density at radius 1 is 1.40 bits per heavy atom. The van der Waals surface area contributed by atoms with Gasteiger partial charge in [0.2, 0.25) is 21.8 Å². The van der Waals surface area contributed by atoms with E-state index in [1.807, 2.05) is 6.92 Å². The summed E-state index contributed by atoms with van der Waals surface area (Å²) in [6.45, 7) is 3.69. The topological polar surface area (TPSA) is 160 Å². The van der Waals surface area contributed by atoms with Crippen molar-refractivity contribution in [2.24, 2.45) is 5.92 Å². The first-order chi connectivity index (χ1) is 16.5. The fourth-order valence-electron chi connectivity index (χ4n) is 3.71. The van der Waals surface area contributed by atoms with E-state index in [0.29, 0.717) is 17.0 Å². The first kappa shape index (κ1) is 26.5. The van der Waals surface area contributed by atoms with Gasteiger partial charge in [0, 0.05) is 30.8 Å². The van der Waals surface area contributed by atoms with E-state index in [4.69, 9.17) is 4.74 Å². The van der Waals surface area contributed by atoms with Crippen LogP contribution in [0.15, 0.2) is 24.5 Å². The number of carbonyl (C=O) groups is 2. The van der Waals surface area contributed by atoms with Crippen LogP contribution in [0.5, 0.6) is 5.75 Å². The number of benzene rings is 1.